The second-order valence-electron chi connectivity index (χ2n) is 5.54. The SMILES string of the molecule is CC1CCCC(C)C1N(CC(=O)O)C(C)C. The van der Waals surface area contributed by atoms with Gasteiger partial charge in [0.2, 0.25) is 0 Å². The average molecular weight is 227 g/mol. The summed E-state index contributed by atoms with van der Waals surface area (Å²) in [5.74, 6) is 0.523. The van der Waals surface area contributed by atoms with E-state index in [4.69, 9.17) is 5.11 Å². The van der Waals surface area contributed by atoms with E-state index < -0.39 is 5.97 Å². The minimum Gasteiger partial charge on any atom is -0.480 e. The fraction of sp³-hybridized carbons (Fsp3) is 0.923. The molecule has 1 saturated carbocycles. The highest BCUT2D eigenvalue weighted by atomic mass is 16.4. The first-order valence-electron chi connectivity index (χ1n) is 6.41. The molecule has 0 spiro atoms. The van der Waals surface area contributed by atoms with Crippen molar-refractivity contribution in [2.24, 2.45) is 11.8 Å². The van der Waals surface area contributed by atoms with Crippen molar-refractivity contribution in [2.75, 3.05) is 6.54 Å². The summed E-state index contributed by atoms with van der Waals surface area (Å²) in [6.45, 7) is 8.89. The highest BCUT2D eigenvalue weighted by Gasteiger charge is 2.34. The second kappa shape index (κ2) is 5.67. The van der Waals surface area contributed by atoms with Crippen LogP contribution in [0.2, 0.25) is 0 Å². The maximum absolute atomic E-state index is 10.9. The van der Waals surface area contributed by atoms with Gasteiger partial charge in [-0.05, 0) is 38.5 Å². The Balaban J connectivity index is 2.77. The number of hydrogen-bond acceptors (Lipinski definition) is 2. The zero-order chi connectivity index (χ0) is 12.3. The number of aliphatic carboxylic acids is 1. The zero-order valence-electron chi connectivity index (χ0n) is 10.9. The summed E-state index contributed by atoms with van der Waals surface area (Å²) < 4.78 is 0. The molecule has 3 heteroatoms. The molecular formula is C13H25NO2. The van der Waals surface area contributed by atoms with Crippen LogP contribution in [0.5, 0.6) is 0 Å². The minimum absolute atomic E-state index is 0.178. The van der Waals surface area contributed by atoms with Gasteiger partial charge >= 0.3 is 5.97 Å². The molecule has 1 N–H and O–H groups in total. The molecule has 2 unspecified atom stereocenters. The normalized spacial score (nSPS) is 31.0. The summed E-state index contributed by atoms with van der Waals surface area (Å²) in [5.41, 5.74) is 0. The fourth-order valence-electron chi connectivity index (χ4n) is 3.11. The van der Waals surface area contributed by atoms with Crippen LogP contribution in [0.4, 0.5) is 0 Å². The van der Waals surface area contributed by atoms with Gasteiger partial charge in [0.05, 0.1) is 6.54 Å². The Morgan fingerprint density at radius 1 is 1.31 bits per heavy atom. The summed E-state index contributed by atoms with van der Waals surface area (Å²) in [4.78, 5) is 13.1. The van der Waals surface area contributed by atoms with E-state index in [0.29, 0.717) is 23.9 Å². The number of hydrogen-bond donors (Lipinski definition) is 1. The third kappa shape index (κ3) is 3.21. The molecule has 0 radical (unpaired) electrons. The van der Waals surface area contributed by atoms with E-state index in [1.807, 2.05) is 0 Å². The maximum atomic E-state index is 10.9. The van der Waals surface area contributed by atoms with Gasteiger partial charge in [0.1, 0.15) is 0 Å². The third-order valence-corrected chi connectivity index (χ3v) is 3.85. The van der Waals surface area contributed by atoms with Crippen molar-refractivity contribution < 1.29 is 9.90 Å². The van der Waals surface area contributed by atoms with Gasteiger partial charge < -0.3 is 5.11 Å². The minimum atomic E-state index is -0.710. The highest BCUT2D eigenvalue weighted by Crippen LogP contribution is 2.33. The van der Waals surface area contributed by atoms with Gasteiger partial charge in [-0.25, -0.2) is 0 Å². The number of rotatable bonds is 4. The van der Waals surface area contributed by atoms with Crippen LogP contribution < -0.4 is 0 Å². The topological polar surface area (TPSA) is 40.5 Å². The molecule has 2 atom stereocenters. The fourth-order valence-corrected chi connectivity index (χ4v) is 3.11. The average Bonchev–Trinajstić information content (AvgIpc) is 2.15. The molecule has 1 rings (SSSR count). The maximum Gasteiger partial charge on any atom is 0.317 e. The van der Waals surface area contributed by atoms with Crippen LogP contribution in [0.3, 0.4) is 0 Å². The number of carbonyl (C=O) groups is 1. The Bertz CT molecular complexity index is 230. The lowest BCUT2D eigenvalue weighted by atomic mass is 9.77. The molecule has 0 heterocycles. The Kier molecular flexibility index (Phi) is 4.78. The van der Waals surface area contributed by atoms with E-state index >= 15 is 0 Å². The highest BCUT2D eigenvalue weighted by molar-refractivity contribution is 5.69. The summed E-state index contributed by atoms with van der Waals surface area (Å²) in [5, 5.41) is 8.99. The van der Waals surface area contributed by atoms with Gasteiger partial charge in [-0.15, -0.1) is 0 Å². The molecule has 0 saturated heterocycles. The van der Waals surface area contributed by atoms with E-state index in [0.717, 1.165) is 0 Å². The zero-order valence-corrected chi connectivity index (χ0v) is 10.9. The molecule has 1 fully saturated rings. The predicted octanol–water partition coefficient (Wildman–Crippen LogP) is 2.61. The van der Waals surface area contributed by atoms with E-state index in [2.05, 4.69) is 32.6 Å². The van der Waals surface area contributed by atoms with Crippen LogP contribution in [0.1, 0.15) is 47.0 Å². The molecule has 0 aromatic rings. The standard InChI is InChI=1S/C13H25NO2/c1-9(2)14(8-12(15)16)13-10(3)6-5-7-11(13)4/h9-11,13H,5-8H2,1-4H3,(H,15,16). The summed E-state index contributed by atoms with van der Waals surface area (Å²) in [7, 11) is 0. The predicted molar refractivity (Wildman–Crippen MR) is 65.4 cm³/mol. The van der Waals surface area contributed by atoms with Crippen LogP contribution in [0.15, 0.2) is 0 Å². The molecular weight excluding hydrogens is 202 g/mol. The number of nitrogens with zero attached hydrogens (tertiary/aromatic N) is 1. The second-order valence-corrected chi connectivity index (χ2v) is 5.54. The Morgan fingerprint density at radius 2 is 1.81 bits per heavy atom. The van der Waals surface area contributed by atoms with E-state index in [1.54, 1.807) is 0 Å². The molecule has 0 amide bonds. The number of carboxylic acid groups (broad SMARTS) is 1. The molecule has 0 aromatic heterocycles. The van der Waals surface area contributed by atoms with Crippen LogP contribution in [0, 0.1) is 11.8 Å². The van der Waals surface area contributed by atoms with Crippen LogP contribution in [0.25, 0.3) is 0 Å². The van der Waals surface area contributed by atoms with Crippen molar-refractivity contribution in [3.8, 4) is 0 Å². The van der Waals surface area contributed by atoms with Crippen LogP contribution in [-0.4, -0.2) is 34.6 Å². The van der Waals surface area contributed by atoms with Gasteiger partial charge in [0.15, 0.2) is 0 Å². The molecule has 0 aromatic carbocycles. The lowest BCUT2D eigenvalue weighted by Gasteiger charge is -2.44. The number of carboxylic acids is 1. The summed E-state index contributed by atoms with van der Waals surface area (Å²) in [6, 6.07) is 0.744. The van der Waals surface area contributed by atoms with Crippen molar-refractivity contribution in [1.29, 1.82) is 0 Å². The van der Waals surface area contributed by atoms with Crippen molar-refractivity contribution in [1.82, 2.24) is 4.90 Å². The first-order chi connectivity index (χ1) is 7.43. The van der Waals surface area contributed by atoms with Crippen LogP contribution in [-0.2, 0) is 4.79 Å². The van der Waals surface area contributed by atoms with E-state index in [1.165, 1.54) is 19.3 Å². The summed E-state index contributed by atoms with van der Waals surface area (Å²) >= 11 is 0. The first kappa shape index (κ1) is 13.5. The van der Waals surface area contributed by atoms with Gasteiger partial charge in [-0.3, -0.25) is 9.69 Å². The van der Waals surface area contributed by atoms with Crippen molar-refractivity contribution in [3.63, 3.8) is 0 Å². The Hall–Kier alpha value is -0.570. The molecule has 94 valence electrons. The van der Waals surface area contributed by atoms with E-state index in [9.17, 15) is 4.79 Å². The third-order valence-electron chi connectivity index (χ3n) is 3.85. The summed E-state index contributed by atoms with van der Waals surface area (Å²) in [6.07, 6.45) is 3.76. The van der Waals surface area contributed by atoms with Crippen molar-refractivity contribution in [2.45, 2.75) is 59.0 Å². The Morgan fingerprint density at radius 3 is 2.19 bits per heavy atom. The van der Waals surface area contributed by atoms with Gasteiger partial charge in [-0.1, -0.05) is 20.3 Å². The monoisotopic (exact) mass is 227 g/mol. The molecule has 3 nitrogen and oxygen atoms in total. The van der Waals surface area contributed by atoms with Gasteiger partial charge in [0.25, 0.3) is 0 Å². The lowest BCUT2D eigenvalue weighted by molar-refractivity contribution is -0.140. The first-order valence-corrected chi connectivity index (χ1v) is 6.41. The van der Waals surface area contributed by atoms with Crippen molar-refractivity contribution >= 4 is 5.97 Å². The molecule has 0 bridgehead atoms. The van der Waals surface area contributed by atoms with Gasteiger partial charge in [0, 0.05) is 12.1 Å². The van der Waals surface area contributed by atoms with E-state index in [-0.39, 0.29) is 6.54 Å². The molecule has 0 aliphatic heterocycles. The molecule has 16 heavy (non-hydrogen) atoms. The van der Waals surface area contributed by atoms with Crippen molar-refractivity contribution in [3.05, 3.63) is 0 Å². The largest absolute Gasteiger partial charge is 0.480 e. The quantitative estimate of drug-likeness (QED) is 0.802. The lowest BCUT2D eigenvalue weighted by Crippen LogP contribution is -2.51. The van der Waals surface area contributed by atoms with Crippen LogP contribution >= 0.6 is 0 Å². The molecule has 1 aliphatic rings. The Labute approximate surface area is 98.8 Å². The smallest absolute Gasteiger partial charge is 0.317 e. The molecule has 1 aliphatic carbocycles. The van der Waals surface area contributed by atoms with Gasteiger partial charge in [-0.2, -0.15) is 0 Å².